The van der Waals surface area contributed by atoms with Crippen molar-refractivity contribution in [3.63, 3.8) is 0 Å². The van der Waals surface area contributed by atoms with Crippen LogP contribution in [0.1, 0.15) is 25.7 Å². The molecule has 0 radical (unpaired) electrons. The molecule has 1 heterocycles. The number of aliphatic hydroxyl groups is 1. The lowest BCUT2D eigenvalue weighted by Gasteiger charge is -2.39. The van der Waals surface area contributed by atoms with Crippen LogP contribution in [0.3, 0.4) is 0 Å². The van der Waals surface area contributed by atoms with Crippen LogP contribution in [0.5, 0.6) is 0 Å². The molecule has 1 N–H and O–H groups in total. The molecule has 2 rings (SSSR count). The van der Waals surface area contributed by atoms with Crippen LogP contribution >= 0.6 is 0 Å². The molecule has 0 amide bonds. The third-order valence-corrected chi connectivity index (χ3v) is 3.07. The van der Waals surface area contributed by atoms with Gasteiger partial charge in [-0.2, -0.15) is 0 Å². The van der Waals surface area contributed by atoms with Gasteiger partial charge in [-0.1, -0.05) is 0 Å². The lowest BCUT2D eigenvalue weighted by Crippen LogP contribution is -2.41. The number of hydrogen-bond acceptors (Lipinski definition) is 3. The first kappa shape index (κ1) is 10.4. The Kier molecular flexibility index (Phi) is 3.56. The zero-order valence-corrected chi connectivity index (χ0v) is 8.97. The third kappa shape index (κ3) is 2.48. The minimum absolute atomic E-state index is 0.272. The minimum atomic E-state index is 0.272. The van der Waals surface area contributed by atoms with Crippen LogP contribution in [0, 0.1) is 0 Å². The topological polar surface area (TPSA) is 36.4 Å². The van der Waals surface area contributed by atoms with Crippen molar-refractivity contribution in [3.05, 3.63) is 24.5 Å². The van der Waals surface area contributed by atoms with E-state index in [2.05, 4.69) is 22.0 Å². The number of hydrogen-bond donors (Lipinski definition) is 1. The van der Waals surface area contributed by atoms with Gasteiger partial charge in [-0.25, -0.2) is 0 Å². The second-order valence-electron chi connectivity index (χ2n) is 4.06. The summed E-state index contributed by atoms with van der Waals surface area (Å²) in [5.41, 5.74) is 1.24. The number of aliphatic hydroxyl groups excluding tert-OH is 1. The largest absolute Gasteiger partial charge is 0.396 e. The van der Waals surface area contributed by atoms with Crippen molar-refractivity contribution in [1.29, 1.82) is 0 Å². The number of rotatable bonds is 5. The van der Waals surface area contributed by atoms with Gasteiger partial charge >= 0.3 is 0 Å². The van der Waals surface area contributed by atoms with Crippen LogP contribution in [0.2, 0.25) is 0 Å². The fraction of sp³-hybridized carbons (Fsp3) is 0.583. The number of nitrogens with zero attached hydrogens (tertiary/aromatic N) is 2. The molecule has 1 aromatic heterocycles. The fourth-order valence-corrected chi connectivity index (χ4v) is 2.00. The van der Waals surface area contributed by atoms with Gasteiger partial charge in [0.05, 0.1) is 0 Å². The molecule has 82 valence electrons. The van der Waals surface area contributed by atoms with Gasteiger partial charge in [0, 0.05) is 37.3 Å². The van der Waals surface area contributed by atoms with Gasteiger partial charge < -0.3 is 10.0 Å². The second kappa shape index (κ2) is 5.12. The summed E-state index contributed by atoms with van der Waals surface area (Å²) in [6, 6.07) is 4.78. The quantitative estimate of drug-likeness (QED) is 0.798. The van der Waals surface area contributed by atoms with Crippen LogP contribution in [0.15, 0.2) is 24.5 Å². The molecule has 0 unspecified atom stereocenters. The van der Waals surface area contributed by atoms with Crippen LogP contribution in [0.25, 0.3) is 0 Å². The summed E-state index contributed by atoms with van der Waals surface area (Å²) >= 11 is 0. The molecular weight excluding hydrogens is 188 g/mol. The summed E-state index contributed by atoms with van der Waals surface area (Å²) in [5.74, 6) is 0. The first-order valence-electron chi connectivity index (χ1n) is 5.69. The number of anilines is 1. The molecule has 1 aliphatic carbocycles. The van der Waals surface area contributed by atoms with E-state index in [1.807, 2.05) is 12.4 Å². The molecule has 1 aromatic rings. The molecule has 1 saturated carbocycles. The first-order chi connectivity index (χ1) is 7.42. The van der Waals surface area contributed by atoms with Crippen LogP contribution in [0.4, 0.5) is 5.69 Å². The fourth-order valence-electron chi connectivity index (χ4n) is 2.00. The van der Waals surface area contributed by atoms with Gasteiger partial charge in [0.15, 0.2) is 0 Å². The van der Waals surface area contributed by atoms with Gasteiger partial charge in [-0.15, -0.1) is 0 Å². The van der Waals surface area contributed by atoms with E-state index in [0.717, 1.165) is 13.0 Å². The maximum absolute atomic E-state index is 8.90. The van der Waals surface area contributed by atoms with E-state index in [1.54, 1.807) is 0 Å². The molecule has 15 heavy (non-hydrogen) atoms. The standard InChI is InChI=1S/C12H18N2O/c15-10-2-9-14(11-3-1-4-11)12-5-7-13-8-6-12/h5-8,11,15H,1-4,9-10H2. The molecule has 3 heteroatoms. The van der Waals surface area contributed by atoms with Crippen molar-refractivity contribution in [3.8, 4) is 0 Å². The third-order valence-electron chi connectivity index (χ3n) is 3.07. The highest BCUT2D eigenvalue weighted by Gasteiger charge is 2.24. The Morgan fingerprint density at radius 2 is 2.07 bits per heavy atom. The summed E-state index contributed by atoms with van der Waals surface area (Å²) < 4.78 is 0. The smallest absolute Gasteiger partial charge is 0.0447 e. The predicted octanol–water partition coefficient (Wildman–Crippen LogP) is 1.82. The minimum Gasteiger partial charge on any atom is -0.396 e. The van der Waals surface area contributed by atoms with Gasteiger partial charge in [-0.3, -0.25) is 4.98 Å². The van der Waals surface area contributed by atoms with Gasteiger partial charge in [0.1, 0.15) is 0 Å². The van der Waals surface area contributed by atoms with Crippen molar-refractivity contribution < 1.29 is 5.11 Å². The van der Waals surface area contributed by atoms with E-state index in [-0.39, 0.29) is 6.61 Å². The zero-order valence-electron chi connectivity index (χ0n) is 8.97. The molecular formula is C12H18N2O. The molecule has 0 spiro atoms. The summed E-state index contributed by atoms with van der Waals surface area (Å²) in [5, 5.41) is 8.90. The van der Waals surface area contributed by atoms with Gasteiger partial charge in [0.2, 0.25) is 0 Å². The Hall–Kier alpha value is -1.09. The molecule has 1 aliphatic rings. The van der Waals surface area contributed by atoms with Gasteiger partial charge in [-0.05, 0) is 37.8 Å². The van der Waals surface area contributed by atoms with Gasteiger partial charge in [0.25, 0.3) is 0 Å². The van der Waals surface area contributed by atoms with Crippen molar-refractivity contribution in [1.82, 2.24) is 4.98 Å². The normalized spacial score (nSPS) is 16.1. The average Bonchev–Trinajstić information content (AvgIpc) is 2.22. The second-order valence-corrected chi connectivity index (χ2v) is 4.06. The summed E-state index contributed by atoms with van der Waals surface area (Å²) in [7, 11) is 0. The number of pyridine rings is 1. The lowest BCUT2D eigenvalue weighted by atomic mass is 9.91. The molecule has 3 nitrogen and oxygen atoms in total. The first-order valence-corrected chi connectivity index (χ1v) is 5.69. The Morgan fingerprint density at radius 1 is 1.33 bits per heavy atom. The molecule has 0 atom stereocenters. The van der Waals surface area contributed by atoms with Crippen molar-refractivity contribution in [2.75, 3.05) is 18.1 Å². The molecule has 0 bridgehead atoms. The highest BCUT2D eigenvalue weighted by Crippen LogP contribution is 2.29. The van der Waals surface area contributed by atoms with Crippen LogP contribution in [-0.2, 0) is 0 Å². The Morgan fingerprint density at radius 3 is 2.60 bits per heavy atom. The maximum atomic E-state index is 8.90. The summed E-state index contributed by atoms with van der Waals surface area (Å²) in [4.78, 5) is 6.44. The van der Waals surface area contributed by atoms with Crippen molar-refractivity contribution >= 4 is 5.69 Å². The Labute approximate surface area is 90.8 Å². The SMILES string of the molecule is OCCCN(c1ccncc1)C1CCC1. The van der Waals surface area contributed by atoms with Crippen molar-refractivity contribution in [2.45, 2.75) is 31.7 Å². The summed E-state index contributed by atoms with van der Waals surface area (Å²) in [6.45, 7) is 1.22. The Bertz CT molecular complexity index is 285. The summed E-state index contributed by atoms with van der Waals surface area (Å²) in [6.07, 6.45) is 8.42. The molecule has 0 aliphatic heterocycles. The van der Waals surface area contributed by atoms with E-state index in [1.165, 1.54) is 24.9 Å². The molecule has 1 fully saturated rings. The highest BCUT2D eigenvalue weighted by molar-refractivity contribution is 5.46. The van der Waals surface area contributed by atoms with Crippen LogP contribution < -0.4 is 4.90 Å². The van der Waals surface area contributed by atoms with E-state index >= 15 is 0 Å². The van der Waals surface area contributed by atoms with Crippen LogP contribution in [-0.4, -0.2) is 29.3 Å². The zero-order chi connectivity index (χ0) is 10.5. The van der Waals surface area contributed by atoms with E-state index in [9.17, 15) is 0 Å². The monoisotopic (exact) mass is 206 g/mol. The molecule has 0 aromatic carbocycles. The average molecular weight is 206 g/mol. The van der Waals surface area contributed by atoms with Crippen molar-refractivity contribution in [2.24, 2.45) is 0 Å². The van der Waals surface area contributed by atoms with E-state index < -0.39 is 0 Å². The predicted molar refractivity (Wildman–Crippen MR) is 60.9 cm³/mol. The van der Waals surface area contributed by atoms with E-state index in [4.69, 9.17) is 5.11 Å². The lowest BCUT2D eigenvalue weighted by molar-refractivity contribution is 0.283. The number of aromatic nitrogens is 1. The highest BCUT2D eigenvalue weighted by atomic mass is 16.3. The Balaban J connectivity index is 2.04. The van der Waals surface area contributed by atoms with E-state index in [0.29, 0.717) is 6.04 Å². The molecule has 0 saturated heterocycles. The maximum Gasteiger partial charge on any atom is 0.0447 e.